The molecule has 0 aliphatic heterocycles. The average molecular weight is 444 g/mol. The number of sulfonamides is 1. The van der Waals surface area contributed by atoms with Crippen LogP contribution in [0.25, 0.3) is 5.70 Å². The summed E-state index contributed by atoms with van der Waals surface area (Å²) in [7, 11) is -2.54. The van der Waals surface area contributed by atoms with Gasteiger partial charge in [-0.25, -0.2) is 13.4 Å². The van der Waals surface area contributed by atoms with E-state index in [0.29, 0.717) is 17.1 Å². The maximum absolute atomic E-state index is 13.2. The van der Waals surface area contributed by atoms with Crippen LogP contribution < -0.4 is 14.8 Å². The predicted octanol–water partition coefficient (Wildman–Crippen LogP) is 5.27. The number of methoxy groups -OCH3 is 1. The van der Waals surface area contributed by atoms with Gasteiger partial charge < -0.3 is 10.1 Å². The summed E-state index contributed by atoms with van der Waals surface area (Å²) in [4.78, 5) is 5.15. The van der Waals surface area contributed by atoms with Crippen molar-refractivity contribution in [3.8, 4) is 5.88 Å². The van der Waals surface area contributed by atoms with E-state index in [2.05, 4.69) is 27.0 Å². The monoisotopic (exact) mass is 443 g/mol. The van der Waals surface area contributed by atoms with E-state index >= 15 is 0 Å². The number of hydrogen-bond acceptors (Lipinski definition) is 6. The summed E-state index contributed by atoms with van der Waals surface area (Å²) in [6.07, 6.45) is 1.53. The van der Waals surface area contributed by atoms with Crippen LogP contribution in [0.4, 0.5) is 11.4 Å². The van der Waals surface area contributed by atoms with Gasteiger partial charge in [0.25, 0.3) is 10.0 Å². The second kappa shape index (κ2) is 8.49. The number of aromatic nitrogens is 1. The van der Waals surface area contributed by atoms with Crippen molar-refractivity contribution >= 4 is 38.4 Å². The number of thiophene rings is 1. The summed E-state index contributed by atoms with van der Waals surface area (Å²) in [5, 5.41) is 5.23. The molecule has 0 atom stereocenters. The zero-order valence-corrected chi connectivity index (χ0v) is 19.3. The lowest BCUT2D eigenvalue weighted by Gasteiger charge is -2.16. The number of nitrogens with one attached hydrogen (secondary N) is 2. The van der Waals surface area contributed by atoms with Crippen LogP contribution in [0.1, 0.15) is 27.1 Å². The number of ether oxygens (including phenoxy) is 1. The Balaban J connectivity index is 1.96. The van der Waals surface area contributed by atoms with Gasteiger partial charge in [0.05, 0.1) is 29.6 Å². The minimum absolute atomic E-state index is 0.0213. The van der Waals surface area contributed by atoms with Crippen LogP contribution in [0.3, 0.4) is 0 Å². The van der Waals surface area contributed by atoms with Crippen molar-refractivity contribution in [3.63, 3.8) is 0 Å². The van der Waals surface area contributed by atoms with Gasteiger partial charge in [-0.2, -0.15) is 0 Å². The molecule has 0 spiro atoms. The molecule has 8 heteroatoms. The Morgan fingerprint density at radius 1 is 1.13 bits per heavy atom. The van der Waals surface area contributed by atoms with Crippen LogP contribution in [-0.2, 0) is 10.0 Å². The average Bonchev–Trinajstić information content (AvgIpc) is 3.03. The molecule has 0 bridgehead atoms. The van der Waals surface area contributed by atoms with Gasteiger partial charge in [-0.3, -0.25) is 4.72 Å². The first-order valence-corrected chi connectivity index (χ1v) is 11.6. The minimum Gasteiger partial charge on any atom is -0.480 e. The third-order valence-electron chi connectivity index (χ3n) is 4.87. The van der Waals surface area contributed by atoms with Gasteiger partial charge in [-0.05, 0) is 61.4 Å². The van der Waals surface area contributed by atoms with Crippen molar-refractivity contribution in [3.05, 3.63) is 69.6 Å². The molecule has 2 N–H and O–H groups in total. The first kappa shape index (κ1) is 21.9. The van der Waals surface area contributed by atoms with Gasteiger partial charge in [0.2, 0.25) is 5.88 Å². The van der Waals surface area contributed by atoms with Crippen LogP contribution in [0.15, 0.2) is 47.3 Å². The molecule has 6 nitrogen and oxygen atoms in total. The summed E-state index contributed by atoms with van der Waals surface area (Å²) in [5.41, 5.74) is 5.73. The normalized spacial score (nSPS) is 11.2. The molecule has 158 valence electrons. The number of anilines is 2. The van der Waals surface area contributed by atoms with Crippen molar-refractivity contribution < 1.29 is 13.2 Å². The molecule has 0 amide bonds. The molecule has 3 aromatic rings. The van der Waals surface area contributed by atoms with Crippen molar-refractivity contribution in [1.29, 1.82) is 0 Å². The molecule has 1 aromatic carbocycles. The number of aryl methyl sites for hydroxylation is 3. The van der Waals surface area contributed by atoms with Crippen molar-refractivity contribution in [2.45, 2.75) is 32.6 Å². The van der Waals surface area contributed by atoms with E-state index in [1.807, 2.05) is 45.9 Å². The minimum atomic E-state index is -3.93. The molecule has 3 rings (SSSR count). The molecule has 0 aliphatic carbocycles. The molecule has 0 aliphatic rings. The Kier molecular flexibility index (Phi) is 6.19. The molecule has 0 saturated carbocycles. The van der Waals surface area contributed by atoms with Gasteiger partial charge in [0, 0.05) is 5.70 Å². The Labute approximate surface area is 181 Å². The van der Waals surface area contributed by atoms with Crippen LogP contribution >= 0.6 is 11.3 Å². The van der Waals surface area contributed by atoms with Gasteiger partial charge in [0.15, 0.2) is 4.90 Å². The van der Waals surface area contributed by atoms with E-state index in [9.17, 15) is 8.42 Å². The molecular formula is C22H25N3O3S2. The lowest BCUT2D eigenvalue weighted by Crippen LogP contribution is -2.16. The van der Waals surface area contributed by atoms with Gasteiger partial charge in [0.1, 0.15) is 0 Å². The fraction of sp³-hybridized carbons (Fsp3) is 0.227. The molecule has 0 fully saturated rings. The van der Waals surface area contributed by atoms with Gasteiger partial charge in [-0.1, -0.05) is 24.8 Å². The first-order valence-electron chi connectivity index (χ1n) is 9.28. The Morgan fingerprint density at radius 2 is 1.80 bits per heavy atom. The van der Waals surface area contributed by atoms with Crippen molar-refractivity contribution in [1.82, 2.24) is 4.98 Å². The van der Waals surface area contributed by atoms with Crippen LogP contribution in [0.2, 0.25) is 0 Å². The molecule has 0 radical (unpaired) electrons. The smallest absolute Gasteiger partial charge is 0.267 e. The summed E-state index contributed by atoms with van der Waals surface area (Å²) >= 11 is 1.59. The SMILES string of the molecule is C=C(Nc1cnc(OC)c(S(=O)(=O)Nc2c(C)cccc2C)c1)c1scc(C)c1C. The molecule has 2 heterocycles. The second-order valence-corrected chi connectivity index (χ2v) is 9.61. The second-order valence-electron chi connectivity index (χ2n) is 7.08. The number of benzene rings is 1. The highest BCUT2D eigenvalue weighted by Gasteiger charge is 2.23. The van der Waals surface area contributed by atoms with E-state index in [0.717, 1.165) is 21.6 Å². The topological polar surface area (TPSA) is 80.3 Å². The van der Waals surface area contributed by atoms with E-state index in [4.69, 9.17) is 4.74 Å². The number of rotatable bonds is 7. The largest absolute Gasteiger partial charge is 0.480 e. The number of hydrogen-bond donors (Lipinski definition) is 2. The third kappa shape index (κ3) is 4.34. The Hall–Kier alpha value is -2.84. The van der Waals surface area contributed by atoms with E-state index in [1.165, 1.54) is 24.9 Å². The number of pyridine rings is 1. The van der Waals surface area contributed by atoms with Crippen molar-refractivity contribution in [2.24, 2.45) is 0 Å². The Morgan fingerprint density at radius 3 is 2.37 bits per heavy atom. The molecular weight excluding hydrogens is 418 g/mol. The van der Waals surface area contributed by atoms with Gasteiger partial charge in [-0.15, -0.1) is 11.3 Å². The highest BCUT2D eigenvalue weighted by Crippen LogP contribution is 2.32. The van der Waals surface area contributed by atoms with Crippen LogP contribution in [0.5, 0.6) is 5.88 Å². The molecule has 0 unspecified atom stereocenters. The summed E-state index contributed by atoms with van der Waals surface area (Å²) in [6.45, 7) is 11.9. The predicted molar refractivity (Wildman–Crippen MR) is 124 cm³/mol. The number of para-hydroxylation sites is 1. The van der Waals surface area contributed by atoms with Crippen LogP contribution in [0, 0.1) is 27.7 Å². The first-order chi connectivity index (χ1) is 14.1. The third-order valence-corrected chi connectivity index (χ3v) is 7.48. The quantitative estimate of drug-likeness (QED) is 0.520. The van der Waals surface area contributed by atoms with E-state index in [-0.39, 0.29) is 10.8 Å². The highest BCUT2D eigenvalue weighted by molar-refractivity contribution is 7.92. The summed E-state index contributed by atoms with van der Waals surface area (Å²) in [5.74, 6) is 0.0213. The fourth-order valence-electron chi connectivity index (χ4n) is 3.04. The maximum atomic E-state index is 13.2. The zero-order valence-electron chi connectivity index (χ0n) is 17.7. The molecule has 0 saturated heterocycles. The standard InChI is InChI=1S/C22H25N3O3S2/c1-13-8-7-9-14(2)20(13)25-30(26,27)19-10-18(11-23-22(19)28-6)24-17(5)21-16(4)15(3)12-29-21/h7-12,24-25H,5H2,1-4,6H3. The highest BCUT2D eigenvalue weighted by atomic mass is 32.2. The zero-order chi connectivity index (χ0) is 22.1. The summed E-state index contributed by atoms with van der Waals surface area (Å²) < 4.78 is 34.2. The summed E-state index contributed by atoms with van der Waals surface area (Å²) in [6, 6.07) is 7.10. The van der Waals surface area contributed by atoms with E-state index in [1.54, 1.807) is 11.3 Å². The van der Waals surface area contributed by atoms with Crippen LogP contribution in [-0.4, -0.2) is 20.5 Å². The molecule has 30 heavy (non-hydrogen) atoms. The van der Waals surface area contributed by atoms with Gasteiger partial charge >= 0.3 is 0 Å². The van der Waals surface area contributed by atoms with Crippen molar-refractivity contribution in [2.75, 3.05) is 17.1 Å². The lowest BCUT2D eigenvalue weighted by atomic mass is 10.1. The molecule has 2 aromatic heterocycles. The Bertz CT molecular complexity index is 1190. The lowest BCUT2D eigenvalue weighted by molar-refractivity contribution is 0.385. The number of nitrogens with zero attached hydrogens (tertiary/aromatic N) is 1. The maximum Gasteiger partial charge on any atom is 0.267 e. The fourth-order valence-corrected chi connectivity index (χ4v) is 5.39. The van der Waals surface area contributed by atoms with E-state index < -0.39 is 10.0 Å².